The number of piperazine rings is 1. The van der Waals surface area contributed by atoms with Crippen molar-refractivity contribution >= 4 is 52.7 Å². The van der Waals surface area contributed by atoms with Crippen LogP contribution in [0.15, 0.2) is 65.5 Å². The number of nitrogens with one attached hydrogen (secondary N) is 6. The average Bonchev–Trinajstić information content (AvgIpc) is 3.18. The lowest BCUT2D eigenvalue weighted by Gasteiger charge is -2.37. The zero-order chi connectivity index (χ0) is 58.1. The van der Waals surface area contributed by atoms with E-state index >= 15 is 0 Å². The van der Waals surface area contributed by atoms with Crippen LogP contribution in [0.25, 0.3) is 11.1 Å². The third-order valence-electron chi connectivity index (χ3n) is 15.4. The van der Waals surface area contributed by atoms with Crippen molar-refractivity contribution in [3.05, 3.63) is 116 Å². The number of aromatic amines is 1. The maximum atomic E-state index is 14.0. The highest BCUT2D eigenvalue weighted by molar-refractivity contribution is 6.25. The second-order valence-electron chi connectivity index (χ2n) is 21.1. The summed E-state index contributed by atoms with van der Waals surface area (Å²) in [4.78, 5) is 113. The number of ether oxygens (including phenoxy) is 4. The highest BCUT2D eigenvalue weighted by atomic mass is 16.5. The van der Waals surface area contributed by atoms with E-state index in [2.05, 4.69) is 83.5 Å². The van der Waals surface area contributed by atoms with Crippen molar-refractivity contribution in [3.8, 4) is 11.1 Å². The summed E-state index contributed by atoms with van der Waals surface area (Å²) in [7, 11) is 0. The molecule has 1 aromatic heterocycles. The quantitative estimate of drug-likeness (QED) is 0.0353. The summed E-state index contributed by atoms with van der Waals surface area (Å²) >= 11 is 0. The number of benzene rings is 3. The van der Waals surface area contributed by atoms with Gasteiger partial charge in [-0.05, 0) is 105 Å². The molecule has 0 spiro atoms. The van der Waals surface area contributed by atoms with Crippen molar-refractivity contribution in [2.75, 3.05) is 122 Å². The minimum atomic E-state index is -1.06. The predicted octanol–water partition coefficient (Wildman–Crippen LogP) is 3.21. The Morgan fingerprint density at radius 3 is 2.13 bits per heavy atom. The van der Waals surface area contributed by atoms with Gasteiger partial charge in [-0.25, -0.2) is 0 Å². The van der Waals surface area contributed by atoms with E-state index in [0.717, 1.165) is 90.6 Å². The van der Waals surface area contributed by atoms with Gasteiger partial charge in [0.25, 0.3) is 23.3 Å². The van der Waals surface area contributed by atoms with Crippen molar-refractivity contribution in [1.29, 1.82) is 0 Å². The molecule has 0 aliphatic carbocycles. The largest absolute Gasteiger partial charge is 0.383 e. The van der Waals surface area contributed by atoms with E-state index in [1.54, 1.807) is 12.1 Å². The molecule has 0 bridgehead atoms. The number of rotatable bonds is 28. The molecule has 5 heterocycles. The summed E-state index contributed by atoms with van der Waals surface area (Å²) in [6, 6.07) is 18.7. The number of aromatic nitrogens is 1. The highest BCUT2D eigenvalue weighted by Gasteiger charge is 2.45. The first-order valence-corrected chi connectivity index (χ1v) is 28.5. The molecule has 1 atom stereocenters. The number of carbonyl (C=O) groups excluding carboxylic acids is 7. The van der Waals surface area contributed by atoms with Crippen LogP contribution in [0.3, 0.4) is 0 Å². The fraction of sp³-hybridized carbons (Fsp3) is 0.500. The molecule has 0 saturated carbocycles. The van der Waals surface area contributed by atoms with Crippen LogP contribution >= 0.6 is 0 Å². The molecular weight excluding hydrogens is 1050 g/mol. The van der Waals surface area contributed by atoms with Crippen LogP contribution in [0, 0.1) is 20.8 Å². The van der Waals surface area contributed by atoms with Gasteiger partial charge in [-0.2, -0.15) is 0 Å². The van der Waals surface area contributed by atoms with Gasteiger partial charge in [0.05, 0.1) is 57.3 Å². The van der Waals surface area contributed by atoms with Crippen molar-refractivity contribution in [2.45, 2.75) is 85.0 Å². The van der Waals surface area contributed by atoms with Crippen molar-refractivity contribution < 1.29 is 52.5 Å². The van der Waals surface area contributed by atoms with Gasteiger partial charge in [-0.1, -0.05) is 30.3 Å². The maximum Gasteiger partial charge on any atom is 0.264 e. The zero-order valence-corrected chi connectivity index (χ0v) is 47.6. The topological polar surface area (TPSA) is 262 Å². The van der Waals surface area contributed by atoms with Crippen LogP contribution in [0.4, 0.5) is 11.4 Å². The van der Waals surface area contributed by atoms with E-state index in [4.69, 9.17) is 18.9 Å². The molecular formula is C60H78N10O12. The third-order valence-corrected chi connectivity index (χ3v) is 15.4. The van der Waals surface area contributed by atoms with Gasteiger partial charge in [-0.3, -0.25) is 58.4 Å². The maximum absolute atomic E-state index is 14.0. The molecule has 3 fully saturated rings. The number of piperidine rings is 1. The van der Waals surface area contributed by atoms with Crippen molar-refractivity contribution in [2.24, 2.45) is 0 Å². The monoisotopic (exact) mass is 1130 g/mol. The summed E-state index contributed by atoms with van der Waals surface area (Å²) in [5.74, 6) is -2.82. The van der Waals surface area contributed by atoms with Gasteiger partial charge in [-0.15, -0.1) is 0 Å². The average molecular weight is 1130 g/mol. The fourth-order valence-corrected chi connectivity index (χ4v) is 10.9. The standard InChI is InChI=1S/C60H78N10O12/c1-5-69(45-15-25-79-26-16-45)51-35-44(34-47(41(51)4)56(74)64-36-48-39(2)33-40(3)65-57(48)75)43-11-9-42(10-12-43)37-67-21-23-68(24-22-67)38-54(73)63-20-28-81-30-32-82-31-29-80-27-17-52(71)62-19-18-61-49-8-6-7-46-55(49)60(78)70(59(46)77)50-13-14-53(72)66-58(50)76/h6-12,33-35,45,50,61H,5,13-32,36-38H2,1-4H3,(H,62,71)(H,63,73)(H,64,74)(H,65,75)(H,66,72,76). The van der Waals surface area contributed by atoms with Crippen molar-refractivity contribution in [3.63, 3.8) is 0 Å². The first-order chi connectivity index (χ1) is 39.7. The third kappa shape index (κ3) is 16.0. The smallest absolute Gasteiger partial charge is 0.264 e. The molecule has 22 nitrogen and oxygen atoms in total. The molecule has 440 valence electrons. The predicted molar refractivity (Wildman–Crippen MR) is 308 cm³/mol. The lowest BCUT2D eigenvalue weighted by Crippen LogP contribution is -2.54. The minimum Gasteiger partial charge on any atom is -0.383 e. The minimum absolute atomic E-state index is 0.0332. The van der Waals surface area contributed by atoms with Crippen LogP contribution in [-0.4, -0.2) is 185 Å². The molecule has 3 saturated heterocycles. The first kappa shape index (κ1) is 60.7. The van der Waals surface area contributed by atoms with Crippen LogP contribution in [0.5, 0.6) is 0 Å². The lowest BCUT2D eigenvalue weighted by molar-refractivity contribution is -0.136. The molecule has 4 aliphatic rings. The Bertz CT molecular complexity index is 2990. The number of H-pyrrole nitrogens is 1. The summed E-state index contributed by atoms with van der Waals surface area (Å²) in [6.45, 7) is 17.3. The summed E-state index contributed by atoms with van der Waals surface area (Å²) in [6.07, 6.45) is 2.07. The van der Waals surface area contributed by atoms with E-state index in [1.807, 2.05) is 32.9 Å². The van der Waals surface area contributed by atoms with Crippen LogP contribution < -0.4 is 37.0 Å². The first-order valence-electron chi connectivity index (χ1n) is 28.5. The Balaban J connectivity index is 0.667. The van der Waals surface area contributed by atoms with Crippen LogP contribution in [0.1, 0.15) is 98.0 Å². The Labute approximate surface area is 478 Å². The molecule has 3 aromatic carbocycles. The number of imide groups is 2. The Morgan fingerprint density at radius 1 is 0.732 bits per heavy atom. The van der Waals surface area contributed by atoms with Gasteiger partial charge in [0.2, 0.25) is 23.6 Å². The molecule has 0 radical (unpaired) electrons. The van der Waals surface area contributed by atoms with Gasteiger partial charge >= 0.3 is 0 Å². The zero-order valence-electron chi connectivity index (χ0n) is 47.6. The second kappa shape index (κ2) is 29.6. The number of aryl methyl sites for hydroxylation is 2. The van der Waals surface area contributed by atoms with Gasteiger partial charge in [0.15, 0.2) is 0 Å². The summed E-state index contributed by atoms with van der Waals surface area (Å²) in [5, 5.41) is 14.1. The summed E-state index contributed by atoms with van der Waals surface area (Å²) in [5.41, 5.74) is 8.33. The number of hydrogen-bond donors (Lipinski definition) is 6. The molecule has 4 aromatic rings. The number of hydrogen-bond acceptors (Lipinski definition) is 16. The van der Waals surface area contributed by atoms with E-state index in [0.29, 0.717) is 82.2 Å². The van der Waals surface area contributed by atoms with Gasteiger partial charge in [0.1, 0.15) is 6.04 Å². The number of fused-ring (bicyclic) bond motifs is 1. The van der Waals surface area contributed by atoms with E-state index in [1.165, 1.54) is 11.6 Å². The van der Waals surface area contributed by atoms with Crippen LogP contribution in [0.2, 0.25) is 0 Å². The molecule has 1 unspecified atom stereocenters. The van der Waals surface area contributed by atoms with E-state index < -0.39 is 29.7 Å². The van der Waals surface area contributed by atoms with E-state index in [-0.39, 0.29) is 79.9 Å². The fourth-order valence-electron chi connectivity index (χ4n) is 10.9. The lowest BCUT2D eigenvalue weighted by atomic mass is 9.94. The van der Waals surface area contributed by atoms with Crippen molar-refractivity contribution in [1.82, 2.24) is 41.0 Å². The Kier molecular flexibility index (Phi) is 21.9. The molecule has 8 rings (SSSR count). The van der Waals surface area contributed by atoms with Gasteiger partial charge in [0, 0.05) is 126 Å². The highest BCUT2D eigenvalue weighted by Crippen LogP contribution is 2.35. The van der Waals surface area contributed by atoms with E-state index in [9.17, 15) is 38.4 Å². The van der Waals surface area contributed by atoms with Gasteiger partial charge < -0.3 is 50.1 Å². The molecule has 22 heteroatoms. The SMILES string of the molecule is CCN(c1cc(-c2ccc(CN3CCN(CC(=O)NCCOCCOCCOCCC(=O)NCCNc4cccc5c4C(=O)N(C4CCC(=O)NC4=O)C5=O)CC3)cc2)cc(C(=O)NCc2c(C)cc(C)[nH]c2=O)c1C)C1CCOCC1. The molecule has 7 amide bonds. The number of amides is 7. The van der Waals surface area contributed by atoms with Crippen LogP contribution in [-0.2, 0) is 51.2 Å². The molecule has 4 aliphatic heterocycles. The molecule has 82 heavy (non-hydrogen) atoms. The summed E-state index contributed by atoms with van der Waals surface area (Å²) < 4.78 is 22.4. The second-order valence-corrected chi connectivity index (χ2v) is 21.1. The number of anilines is 2. The molecule has 6 N–H and O–H groups in total. The number of carbonyl (C=O) groups is 7. The number of pyridine rings is 1. The number of nitrogens with zero attached hydrogens (tertiary/aromatic N) is 4. The Morgan fingerprint density at radius 2 is 1.43 bits per heavy atom. The Hall–Kier alpha value is -7.34. The normalized spacial score (nSPS) is 16.9.